The number of nitrogens with one attached hydrogen (secondary N) is 1. The van der Waals surface area contributed by atoms with E-state index >= 15 is 0 Å². The molecule has 0 atom stereocenters. The Labute approximate surface area is 127 Å². The van der Waals surface area contributed by atoms with Crippen LogP contribution < -0.4 is 10.1 Å². The van der Waals surface area contributed by atoms with Crippen molar-refractivity contribution in [2.75, 3.05) is 5.32 Å². The van der Waals surface area contributed by atoms with Crippen LogP contribution in [-0.4, -0.2) is 11.0 Å². The molecule has 3 aromatic rings. The number of hydrogen-bond acceptors (Lipinski definition) is 5. The van der Waals surface area contributed by atoms with Crippen molar-refractivity contribution in [3.8, 4) is 5.75 Å². The lowest BCUT2D eigenvalue weighted by atomic mass is 10.2. The van der Waals surface area contributed by atoms with Gasteiger partial charge in [0.2, 0.25) is 0 Å². The molecule has 5 heteroatoms. The van der Waals surface area contributed by atoms with Crippen LogP contribution in [0.1, 0.15) is 18.9 Å². The Morgan fingerprint density at radius 2 is 2.09 bits per heavy atom. The van der Waals surface area contributed by atoms with Crippen molar-refractivity contribution in [2.24, 2.45) is 0 Å². The molecule has 1 aromatic heterocycles. The van der Waals surface area contributed by atoms with Crippen LogP contribution in [0.2, 0.25) is 0 Å². The van der Waals surface area contributed by atoms with Crippen molar-refractivity contribution in [3.05, 3.63) is 48.0 Å². The van der Waals surface area contributed by atoms with E-state index in [1.807, 2.05) is 31.2 Å². The summed E-state index contributed by atoms with van der Waals surface area (Å²) in [5, 5.41) is 3.15. The molecule has 2 aromatic carbocycles. The van der Waals surface area contributed by atoms with Gasteiger partial charge < -0.3 is 14.5 Å². The van der Waals surface area contributed by atoms with Gasteiger partial charge in [-0.3, -0.25) is 4.79 Å². The highest BCUT2D eigenvalue weighted by Crippen LogP contribution is 2.26. The minimum absolute atomic E-state index is 0.280. The number of carbonyl (C=O) groups is 1. The number of ether oxygens (including phenoxy) is 1. The molecule has 0 saturated heterocycles. The summed E-state index contributed by atoms with van der Waals surface area (Å²) in [6.45, 7) is 3.76. The zero-order valence-electron chi connectivity index (χ0n) is 12.4. The summed E-state index contributed by atoms with van der Waals surface area (Å²) in [5.74, 6) is 0.176. The fraction of sp³-hybridized carbons (Fsp3) is 0.176. The Hall–Kier alpha value is -2.82. The van der Waals surface area contributed by atoms with E-state index in [0.29, 0.717) is 29.3 Å². The molecule has 112 valence electrons. The Morgan fingerprint density at radius 1 is 1.27 bits per heavy atom. The van der Waals surface area contributed by atoms with Crippen LogP contribution in [0, 0.1) is 6.92 Å². The van der Waals surface area contributed by atoms with Crippen molar-refractivity contribution in [2.45, 2.75) is 20.3 Å². The number of nitrogens with zero attached hydrogens (tertiary/aromatic N) is 1. The van der Waals surface area contributed by atoms with Crippen LogP contribution in [0.5, 0.6) is 5.75 Å². The molecule has 0 radical (unpaired) electrons. The maximum absolute atomic E-state index is 11.3. The van der Waals surface area contributed by atoms with Gasteiger partial charge >= 0.3 is 5.97 Å². The average molecular weight is 296 g/mol. The van der Waals surface area contributed by atoms with E-state index in [4.69, 9.17) is 9.15 Å². The highest BCUT2D eigenvalue weighted by Gasteiger charge is 2.09. The van der Waals surface area contributed by atoms with E-state index in [2.05, 4.69) is 10.3 Å². The van der Waals surface area contributed by atoms with Gasteiger partial charge in [-0.15, -0.1) is 0 Å². The molecule has 0 fully saturated rings. The van der Waals surface area contributed by atoms with E-state index < -0.39 is 0 Å². The van der Waals surface area contributed by atoms with Gasteiger partial charge in [-0.05, 0) is 30.7 Å². The fourth-order valence-corrected chi connectivity index (χ4v) is 2.05. The van der Waals surface area contributed by atoms with Crippen LogP contribution in [0.25, 0.3) is 11.1 Å². The molecule has 0 unspecified atom stereocenters. The molecule has 0 saturated carbocycles. The topological polar surface area (TPSA) is 64.4 Å². The number of hydrogen-bond donors (Lipinski definition) is 1. The third kappa shape index (κ3) is 2.93. The summed E-state index contributed by atoms with van der Waals surface area (Å²) in [5.41, 5.74) is 3.30. The minimum Gasteiger partial charge on any atom is -0.426 e. The Morgan fingerprint density at radius 3 is 2.86 bits per heavy atom. The van der Waals surface area contributed by atoms with Crippen LogP contribution in [0.15, 0.2) is 46.9 Å². The normalized spacial score (nSPS) is 10.6. The van der Waals surface area contributed by atoms with Crippen molar-refractivity contribution >= 4 is 28.8 Å². The van der Waals surface area contributed by atoms with Crippen LogP contribution >= 0.6 is 0 Å². The van der Waals surface area contributed by atoms with Gasteiger partial charge in [0, 0.05) is 18.2 Å². The first kappa shape index (κ1) is 14.1. The lowest BCUT2D eigenvalue weighted by molar-refractivity contribution is -0.134. The molecular weight excluding hydrogens is 280 g/mol. The molecule has 0 aliphatic rings. The number of fused-ring (bicyclic) bond motifs is 1. The number of para-hydroxylation sites is 1. The van der Waals surface area contributed by atoms with Crippen molar-refractivity contribution in [1.82, 2.24) is 4.98 Å². The Kier molecular flexibility index (Phi) is 3.78. The number of esters is 1. The number of aryl methyl sites for hydroxylation is 1. The molecule has 0 bridgehead atoms. The van der Waals surface area contributed by atoms with Gasteiger partial charge in [0.05, 0.1) is 0 Å². The number of aromatic nitrogens is 1. The monoisotopic (exact) mass is 296 g/mol. The first-order valence-electron chi connectivity index (χ1n) is 7.09. The standard InChI is InChI=1S/C17H16N2O3/c1-3-16(20)21-12-8-9-14-15(10-12)22-17(19-14)18-13-7-5-4-6-11(13)2/h4-10H,3H2,1-2H3,(H,18,19). The first-order valence-corrected chi connectivity index (χ1v) is 7.09. The molecule has 0 aliphatic carbocycles. The number of rotatable bonds is 4. The van der Waals surface area contributed by atoms with E-state index in [0.717, 1.165) is 11.3 Å². The summed E-state index contributed by atoms with van der Waals surface area (Å²) < 4.78 is 10.8. The molecule has 5 nitrogen and oxygen atoms in total. The van der Waals surface area contributed by atoms with E-state index in [1.54, 1.807) is 25.1 Å². The van der Waals surface area contributed by atoms with Gasteiger partial charge in [0.25, 0.3) is 6.01 Å². The number of carbonyl (C=O) groups excluding carboxylic acids is 1. The lowest BCUT2D eigenvalue weighted by Crippen LogP contribution is -2.05. The first-order chi connectivity index (χ1) is 10.7. The molecule has 0 amide bonds. The molecule has 0 aliphatic heterocycles. The van der Waals surface area contributed by atoms with Gasteiger partial charge in [0.1, 0.15) is 11.3 Å². The molecule has 3 rings (SSSR count). The van der Waals surface area contributed by atoms with Crippen LogP contribution in [0.4, 0.5) is 11.7 Å². The summed E-state index contributed by atoms with van der Waals surface area (Å²) in [6, 6.07) is 13.4. The predicted molar refractivity (Wildman–Crippen MR) is 84.4 cm³/mol. The smallest absolute Gasteiger partial charge is 0.310 e. The van der Waals surface area contributed by atoms with Crippen LogP contribution in [-0.2, 0) is 4.79 Å². The zero-order valence-corrected chi connectivity index (χ0v) is 12.4. The SMILES string of the molecule is CCC(=O)Oc1ccc2nc(Nc3ccccc3C)oc2c1. The number of oxazole rings is 1. The summed E-state index contributed by atoms with van der Waals surface area (Å²) in [7, 11) is 0. The molecule has 0 spiro atoms. The molecule has 1 heterocycles. The highest BCUT2D eigenvalue weighted by molar-refractivity contribution is 5.79. The van der Waals surface area contributed by atoms with Crippen LogP contribution in [0.3, 0.4) is 0 Å². The quantitative estimate of drug-likeness (QED) is 0.577. The zero-order chi connectivity index (χ0) is 15.5. The average Bonchev–Trinajstić information content (AvgIpc) is 2.91. The second kappa shape index (κ2) is 5.89. The van der Waals surface area contributed by atoms with E-state index in [9.17, 15) is 4.79 Å². The second-order valence-corrected chi connectivity index (χ2v) is 4.92. The Balaban J connectivity index is 1.86. The van der Waals surface area contributed by atoms with E-state index in [1.165, 1.54) is 0 Å². The summed E-state index contributed by atoms with van der Waals surface area (Å²) in [6.07, 6.45) is 0.328. The summed E-state index contributed by atoms with van der Waals surface area (Å²) in [4.78, 5) is 15.7. The Bertz CT molecular complexity index is 824. The largest absolute Gasteiger partial charge is 0.426 e. The number of benzene rings is 2. The second-order valence-electron chi connectivity index (χ2n) is 4.92. The predicted octanol–water partition coefficient (Wildman–Crippen LogP) is 4.20. The van der Waals surface area contributed by atoms with Gasteiger partial charge in [-0.1, -0.05) is 25.1 Å². The number of anilines is 2. The maximum atomic E-state index is 11.3. The van der Waals surface area contributed by atoms with Gasteiger partial charge in [-0.25, -0.2) is 0 Å². The fourth-order valence-electron chi connectivity index (χ4n) is 2.05. The summed E-state index contributed by atoms with van der Waals surface area (Å²) >= 11 is 0. The third-order valence-corrected chi connectivity index (χ3v) is 3.27. The third-order valence-electron chi connectivity index (χ3n) is 3.27. The van der Waals surface area contributed by atoms with Gasteiger partial charge in [0.15, 0.2) is 5.58 Å². The lowest BCUT2D eigenvalue weighted by Gasteiger charge is -2.04. The van der Waals surface area contributed by atoms with E-state index in [-0.39, 0.29) is 5.97 Å². The molecule has 22 heavy (non-hydrogen) atoms. The molecule has 1 N–H and O–H groups in total. The van der Waals surface area contributed by atoms with Crippen molar-refractivity contribution in [1.29, 1.82) is 0 Å². The van der Waals surface area contributed by atoms with Crippen molar-refractivity contribution < 1.29 is 13.9 Å². The van der Waals surface area contributed by atoms with Crippen molar-refractivity contribution in [3.63, 3.8) is 0 Å². The maximum Gasteiger partial charge on any atom is 0.310 e. The highest BCUT2D eigenvalue weighted by atomic mass is 16.5. The minimum atomic E-state index is -0.280. The van der Waals surface area contributed by atoms with Gasteiger partial charge in [-0.2, -0.15) is 4.98 Å². The molecular formula is C17H16N2O3.